The average Bonchev–Trinajstić information content (AvgIpc) is 2.33. The van der Waals surface area contributed by atoms with Gasteiger partial charge in [-0.05, 0) is 31.4 Å². The third kappa shape index (κ3) is 4.04. The van der Waals surface area contributed by atoms with Crippen molar-refractivity contribution < 1.29 is 9.18 Å². The highest BCUT2D eigenvalue weighted by molar-refractivity contribution is 5.95. The number of amides is 1. The summed E-state index contributed by atoms with van der Waals surface area (Å²) >= 11 is 0. The van der Waals surface area contributed by atoms with E-state index in [1.165, 1.54) is 6.07 Å². The number of anilines is 1. The van der Waals surface area contributed by atoms with Crippen LogP contribution in [0.15, 0.2) is 12.1 Å². The van der Waals surface area contributed by atoms with Gasteiger partial charge in [0.1, 0.15) is 5.82 Å². The van der Waals surface area contributed by atoms with Crippen molar-refractivity contribution in [1.82, 2.24) is 0 Å². The molecule has 1 amide bonds. The largest absolute Gasteiger partial charge is 0.324 e. The summed E-state index contributed by atoms with van der Waals surface area (Å²) in [5, 5.41) is 11.4. The molecule has 1 unspecified atom stereocenters. The van der Waals surface area contributed by atoms with Gasteiger partial charge in [0.25, 0.3) is 0 Å². The molecular formula is C14H18FN3O. The van der Waals surface area contributed by atoms with Crippen LogP contribution in [-0.4, -0.2) is 11.9 Å². The lowest BCUT2D eigenvalue weighted by Crippen LogP contribution is -2.36. The van der Waals surface area contributed by atoms with Crippen LogP contribution in [0, 0.1) is 30.0 Å². The zero-order chi connectivity index (χ0) is 14.6. The Morgan fingerprint density at radius 2 is 2.16 bits per heavy atom. The number of halogens is 1. The van der Waals surface area contributed by atoms with Crippen LogP contribution in [0.1, 0.15) is 31.4 Å². The van der Waals surface area contributed by atoms with Gasteiger partial charge in [-0.1, -0.05) is 13.8 Å². The van der Waals surface area contributed by atoms with Gasteiger partial charge in [-0.15, -0.1) is 0 Å². The fourth-order valence-electron chi connectivity index (χ4n) is 1.71. The summed E-state index contributed by atoms with van der Waals surface area (Å²) in [5.74, 6) is -0.595. The molecule has 1 aromatic rings. The summed E-state index contributed by atoms with van der Waals surface area (Å²) < 4.78 is 13.6. The van der Waals surface area contributed by atoms with Crippen molar-refractivity contribution in [1.29, 1.82) is 5.26 Å². The molecule has 1 aromatic carbocycles. The topological polar surface area (TPSA) is 78.9 Å². The van der Waals surface area contributed by atoms with E-state index in [2.05, 4.69) is 5.32 Å². The summed E-state index contributed by atoms with van der Waals surface area (Å²) in [6.07, 6.45) is 0.547. The Morgan fingerprint density at radius 3 is 2.68 bits per heavy atom. The molecule has 3 N–H and O–H groups in total. The summed E-state index contributed by atoms with van der Waals surface area (Å²) in [7, 11) is 0. The Kier molecular flexibility index (Phi) is 5.02. The lowest BCUT2D eigenvalue weighted by molar-refractivity contribution is -0.117. The van der Waals surface area contributed by atoms with Crippen LogP contribution in [-0.2, 0) is 4.79 Å². The predicted octanol–water partition coefficient (Wildman–Crippen LogP) is 2.32. The zero-order valence-corrected chi connectivity index (χ0v) is 11.3. The van der Waals surface area contributed by atoms with E-state index >= 15 is 0 Å². The van der Waals surface area contributed by atoms with Crippen LogP contribution in [0.3, 0.4) is 0 Å². The molecule has 0 aromatic heterocycles. The molecule has 1 rings (SSSR count). The molecule has 5 heteroatoms. The number of benzene rings is 1. The number of carbonyl (C=O) groups excluding carboxylic acids is 1. The molecule has 0 saturated carbocycles. The average molecular weight is 263 g/mol. The van der Waals surface area contributed by atoms with E-state index in [1.807, 2.05) is 19.9 Å². The first-order valence-corrected chi connectivity index (χ1v) is 6.11. The van der Waals surface area contributed by atoms with Gasteiger partial charge in [0.05, 0.1) is 17.7 Å². The van der Waals surface area contributed by atoms with E-state index < -0.39 is 11.9 Å². The summed E-state index contributed by atoms with van der Waals surface area (Å²) in [6.45, 7) is 5.47. The molecule has 0 aliphatic rings. The number of nitrogens with zero attached hydrogens (tertiary/aromatic N) is 1. The van der Waals surface area contributed by atoms with E-state index in [1.54, 1.807) is 6.92 Å². The van der Waals surface area contributed by atoms with Crippen LogP contribution < -0.4 is 11.1 Å². The maximum absolute atomic E-state index is 13.6. The molecule has 0 saturated heterocycles. The van der Waals surface area contributed by atoms with Gasteiger partial charge in [0, 0.05) is 11.3 Å². The number of hydrogen-bond acceptors (Lipinski definition) is 3. The van der Waals surface area contributed by atoms with Crippen LogP contribution >= 0.6 is 0 Å². The first-order chi connectivity index (χ1) is 8.85. The maximum Gasteiger partial charge on any atom is 0.241 e. The molecule has 1 atom stereocenters. The van der Waals surface area contributed by atoms with Crippen LogP contribution in [0.5, 0.6) is 0 Å². The molecule has 102 valence electrons. The molecule has 0 spiro atoms. The first-order valence-electron chi connectivity index (χ1n) is 6.11. The molecule has 0 heterocycles. The summed E-state index contributed by atoms with van der Waals surface area (Å²) in [4.78, 5) is 11.9. The van der Waals surface area contributed by atoms with Crippen molar-refractivity contribution in [3.63, 3.8) is 0 Å². The van der Waals surface area contributed by atoms with Crippen molar-refractivity contribution >= 4 is 11.6 Å². The third-order valence-corrected chi connectivity index (χ3v) is 2.79. The number of nitrogens with two attached hydrogens (primary N) is 1. The fraction of sp³-hybridized carbons (Fsp3) is 0.429. The Balaban J connectivity index is 2.91. The second-order valence-electron chi connectivity index (χ2n) is 4.97. The monoisotopic (exact) mass is 263 g/mol. The van der Waals surface area contributed by atoms with Gasteiger partial charge in [0.2, 0.25) is 5.91 Å². The zero-order valence-electron chi connectivity index (χ0n) is 11.3. The molecule has 0 bridgehead atoms. The lowest BCUT2D eigenvalue weighted by Gasteiger charge is -2.15. The Bertz CT molecular complexity index is 520. The normalized spacial score (nSPS) is 12.1. The second-order valence-corrected chi connectivity index (χ2v) is 4.97. The van der Waals surface area contributed by atoms with Gasteiger partial charge < -0.3 is 11.1 Å². The van der Waals surface area contributed by atoms with E-state index in [4.69, 9.17) is 11.0 Å². The standard InChI is InChI=1S/C14H18FN3O/c1-8(2)4-12(17)14(19)18-13-6-10(7-16)5-11(15)9(13)3/h5-6,8,12H,4,17H2,1-3H3,(H,18,19). The molecule has 0 aliphatic carbocycles. The minimum atomic E-state index is -0.645. The highest BCUT2D eigenvalue weighted by Gasteiger charge is 2.17. The van der Waals surface area contributed by atoms with E-state index in [9.17, 15) is 9.18 Å². The predicted molar refractivity (Wildman–Crippen MR) is 71.9 cm³/mol. The molecule has 0 fully saturated rings. The first kappa shape index (κ1) is 15.1. The Labute approximate surface area is 112 Å². The molecule has 4 nitrogen and oxygen atoms in total. The minimum Gasteiger partial charge on any atom is -0.324 e. The smallest absolute Gasteiger partial charge is 0.241 e. The van der Waals surface area contributed by atoms with Crippen molar-refractivity contribution in [2.45, 2.75) is 33.2 Å². The number of carbonyl (C=O) groups is 1. The Morgan fingerprint density at radius 1 is 1.53 bits per heavy atom. The summed E-state index contributed by atoms with van der Waals surface area (Å²) in [5.41, 5.74) is 6.50. The third-order valence-electron chi connectivity index (χ3n) is 2.79. The molecule has 0 radical (unpaired) electrons. The molecule has 19 heavy (non-hydrogen) atoms. The van der Waals surface area contributed by atoms with Crippen LogP contribution in [0.2, 0.25) is 0 Å². The lowest BCUT2D eigenvalue weighted by atomic mass is 10.0. The van der Waals surface area contributed by atoms with E-state index in [-0.39, 0.29) is 11.5 Å². The number of rotatable bonds is 4. The highest BCUT2D eigenvalue weighted by atomic mass is 19.1. The quantitative estimate of drug-likeness (QED) is 0.875. The van der Waals surface area contributed by atoms with Crippen LogP contribution in [0.25, 0.3) is 0 Å². The molecule has 0 aliphatic heterocycles. The van der Waals surface area contributed by atoms with Gasteiger partial charge in [-0.2, -0.15) is 5.26 Å². The number of hydrogen-bond donors (Lipinski definition) is 2. The van der Waals surface area contributed by atoms with Crippen molar-refractivity contribution in [2.24, 2.45) is 11.7 Å². The number of nitrogens with one attached hydrogen (secondary N) is 1. The number of nitriles is 1. The second kappa shape index (κ2) is 6.30. The maximum atomic E-state index is 13.6. The highest BCUT2D eigenvalue weighted by Crippen LogP contribution is 2.20. The van der Waals surface area contributed by atoms with Crippen molar-refractivity contribution in [3.05, 3.63) is 29.1 Å². The van der Waals surface area contributed by atoms with Crippen molar-refractivity contribution in [2.75, 3.05) is 5.32 Å². The van der Waals surface area contributed by atoms with Crippen LogP contribution in [0.4, 0.5) is 10.1 Å². The van der Waals surface area contributed by atoms with Gasteiger partial charge in [-0.25, -0.2) is 4.39 Å². The van der Waals surface area contributed by atoms with E-state index in [0.29, 0.717) is 23.6 Å². The van der Waals surface area contributed by atoms with Gasteiger partial charge in [0.15, 0.2) is 0 Å². The van der Waals surface area contributed by atoms with Crippen molar-refractivity contribution in [3.8, 4) is 6.07 Å². The minimum absolute atomic E-state index is 0.163. The van der Waals surface area contributed by atoms with Gasteiger partial charge >= 0.3 is 0 Å². The van der Waals surface area contributed by atoms with Gasteiger partial charge in [-0.3, -0.25) is 4.79 Å². The SMILES string of the molecule is Cc1c(F)cc(C#N)cc1NC(=O)C(N)CC(C)C. The summed E-state index contributed by atoms with van der Waals surface area (Å²) in [6, 6.07) is 3.78. The molecular weight excluding hydrogens is 245 g/mol. The fourth-order valence-corrected chi connectivity index (χ4v) is 1.71. The van der Waals surface area contributed by atoms with E-state index in [0.717, 1.165) is 6.07 Å². The Hall–Kier alpha value is -1.93.